The summed E-state index contributed by atoms with van der Waals surface area (Å²) in [6, 6.07) is 13.0. The topological polar surface area (TPSA) is 144 Å². The average molecular weight is 697 g/mol. The molecule has 2 aromatic rings. The average Bonchev–Trinajstić information content (AvgIpc) is 3.51. The second-order valence-electron chi connectivity index (χ2n) is 15.4. The number of para-hydroxylation sites is 1. The van der Waals surface area contributed by atoms with Gasteiger partial charge in [-0.15, -0.1) is 0 Å². The van der Waals surface area contributed by atoms with E-state index in [-0.39, 0.29) is 58.1 Å². The van der Waals surface area contributed by atoms with E-state index < -0.39 is 44.3 Å². The summed E-state index contributed by atoms with van der Waals surface area (Å²) in [4.78, 5) is 16.9. The molecular weight excluding hydrogens is 648 g/mol. The maximum atomic E-state index is 14.4. The van der Waals surface area contributed by atoms with Crippen molar-refractivity contribution in [2.45, 2.75) is 92.0 Å². The number of piperidine rings is 1. The van der Waals surface area contributed by atoms with Crippen molar-refractivity contribution in [1.29, 1.82) is 0 Å². The molecule has 1 heterocycles. The Morgan fingerprint density at radius 2 is 1.73 bits per heavy atom. The normalized spacial score (nSPS) is 43.3. The minimum atomic E-state index is -3.99. The molecule has 7 bridgehead atoms. The minimum Gasteiger partial charge on any atom is -0.454 e. The Balaban J connectivity index is 1.21. The van der Waals surface area contributed by atoms with Crippen molar-refractivity contribution in [1.82, 2.24) is 4.90 Å². The summed E-state index contributed by atoms with van der Waals surface area (Å²) in [6.45, 7) is 5.10. The van der Waals surface area contributed by atoms with Crippen molar-refractivity contribution >= 4 is 21.7 Å². The van der Waals surface area contributed by atoms with Crippen LogP contribution in [0, 0.1) is 36.0 Å². The third kappa shape index (κ3) is 4.16. The molecule has 12 heteroatoms. The van der Waals surface area contributed by atoms with Crippen LogP contribution in [0.25, 0.3) is 0 Å². The van der Waals surface area contributed by atoms with Crippen LogP contribution in [0.4, 0.5) is 5.69 Å². The van der Waals surface area contributed by atoms with Crippen LogP contribution in [0.3, 0.4) is 0 Å². The van der Waals surface area contributed by atoms with Gasteiger partial charge in [-0.05, 0) is 63.4 Å². The van der Waals surface area contributed by atoms with E-state index in [1.807, 2.05) is 6.92 Å². The molecule has 11 nitrogen and oxygen atoms in total. The van der Waals surface area contributed by atoms with Crippen molar-refractivity contribution in [2.75, 3.05) is 39.1 Å². The number of benzene rings is 2. The van der Waals surface area contributed by atoms with Gasteiger partial charge in [0.25, 0.3) is 10.0 Å². The van der Waals surface area contributed by atoms with Gasteiger partial charge in [-0.1, -0.05) is 36.8 Å². The summed E-state index contributed by atoms with van der Waals surface area (Å²) in [6.07, 6.45) is 1.49. The number of likely N-dealkylation sites (N-methyl/N-ethyl adjacent to an activating group) is 1. The van der Waals surface area contributed by atoms with Crippen LogP contribution in [0.5, 0.6) is 0 Å². The van der Waals surface area contributed by atoms with Gasteiger partial charge in [-0.2, -0.15) is 0 Å². The van der Waals surface area contributed by atoms with Gasteiger partial charge in [0.05, 0.1) is 34.5 Å². The van der Waals surface area contributed by atoms with Crippen LogP contribution in [0.1, 0.15) is 54.9 Å². The number of sulfonamides is 1. The lowest BCUT2D eigenvalue weighted by molar-refractivity contribution is -0.337. The first kappa shape index (κ1) is 33.6. The molecule has 5 aliphatic carbocycles. The molecule has 12 atom stereocenters. The van der Waals surface area contributed by atoms with Crippen LogP contribution < -0.4 is 4.72 Å². The van der Waals surface area contributed by atoms with Gasteiger partial charge in [0, 0.05) is 69.4 Å². The number of carbonyl (C=O) groups is 1. The predicted molar refractivity (Wildman–Crippen MR) is 179 cm³/mol. The fraction of sp³-hybridized carbons (Fsp3) is 0.649. The number of aryl methyl sites for hydroxylation is 1. The van der Waals surface area contributed by atoms with Gasteiger partial charge in [0.15, 0.2) is 0 Å². The zero-order valence-electron chi connectivity index (χ0n) is 28.8. The van der Waals surface area contributed by atoms with Crippen LogP contribution in [0.2, 0.25) is 0 Å². The minimum absolute atomic E-state index is 0.0937. The zero-order chi connectivity index (χ0) is 34.7. The SMILES string of the molecule is CCN1C[C@]2(OC(=O)c3ccccc3NS(=O)(=O)c3ccc(C)cc3)CC[C@H](OC)[C@]34C1[C@H](C[C@H]23)[C@@]1(O)C[C@H](OC)[C@H]2C[C@@H]4[C@]1(O)[C@H]2OC. The van der Waals surface area contributed by atoms with Gasteiger partial charge in [-0.25, -0.2) is 13.2 Å². The number of ether oxygens (including phenoxy) is 4. The molecule has 266 valence electrons. The Bertz CT molecular complexity index is 1760. The predicted octanol–water partition coefficient (Wildman–Crippen LogP) is 3.37. The largest absolute Gasteiger partial charge is 0.454 e. The van der Waals surface area contributed by atoms with E-state index in [0.717, 1.165) is 5.56 Å². The molecule has 1 unspecified atom stereocenters. The van der Waals surface area contributed by atoms with Crippen molar-refractivity contribution < 1.29 is 42.4 Å². The number of likely N-dealkylation sites (tertiary alicyclic amines) is 1. The lowest BCUT2D eigenvalue weighted by atomic mass is 9.44. The summed E-state index contributed by atoms with van der Waals surface area (Å²) in [5.41, 5.74) is -3.40. The van der Waals surface area contributed by atoms with Crippen LogP contribution in [0.15, 0.2) is 53.4 Å². The number of hydrogen-bond donors (Lipinski definition) is 3. The standard InChI is InChI=1S/C37H48N2O9S/c1-6-39-20-34(48-33(40)23-9-7-8-10-26(23)38-49(43,44)22-13-11-21(2)12-14-22)16-15-30(46-4)36-28(34)18-25(31(36)39)35(41)19-27(45-3)24-17-29(36)37(35,42)32(24)47-5/h7-14,24-25,27-32,38,41-42H,6,15-20H2,1-5H3/t24-,25+,27+,28-,29+,30+,31?,32+,34-,35+,36+,37+/m1/s1. The van der Waals surface area contributed by atoms with E-state index in [9.17, 15) is 23.4 Å². The van der Waals surface area contributed by atoms with E-state index in [2.05, 4.69) is 16.5 Å². The van der Waals surface area contributed by atoms with Crippen molar-refractivity contribution in [2.24, 2.45) is 29.1 Å². The Morgan fingerprint density at radius 3 is 2.41 bits per heavy atom. The highest BCUT2D eigenvalue weighted by Crippen LogP contribution is 2.79. The molecular formula is C37H48N2O9S. The number of methoxy groups -OCH3 is 3. The molecule has 0 aromatic heterocycles. The second kappa shape index (κ2) is 11.2. The first-order valence-corrected chi connectivity index (χ1v) is 19.0. The molecule has 2 aromatic carbocycles. The number of hydrogen-bond acceptors (Lipinski definition) is 10. The fourth-order valence-corrected chi connectivity index (χ4v) is 13.4. The Hall–Kier alpha value is -2.58. The van der Waals surface area contributed by atoms with E-state index in [1.165, 1.54) is 12.1 Å². The van der Waals surface area contributed by atoms with E-state index in [4.69, 9.17) is 18.9 Å². The van der Waals surface area contributed by atoms with Crippen molar-refractivity contribution in [3.63, 3.8) is 0 Å². The number of aliphatic hydroxyl groups is 2. The molecule has 3 N–H and O–H groups in total. The Morgan fingerprint density at radius 1 is 1.00 bits per heavy atom. The van der Waals surface area contributed by atoms with E-state index in [0.29, 0.717) is 45.2 Å². The molecule has 1 spiro atoms. The number of nitrogens with zero attached hydrogens (tertiary/aromatic N) is 1. The van der Waals surface area contributed by atoms with Crippen molar-refractivity contribution in [3.05, 3.63) is 59.7 Å². The smallest absolute Gasteiger partial charge is 0.340 e. The number of fused-ring (bicyclic) bond motifs is 2. The Kier molecular flexibility index (Phi) is 7.68. The monoisotopic (exact) mass is 696 g/mol. The fourth-order valence-electron chi connectivity index (χ4n) is 12.3. The van der Waals surface area contributed by atoms with E-state index in [1.54, 1.807) is 57.7 Å². The molecule has 6 aliphatic rings. The van der Waals surface area contributed by atoms with Crippen molar-refractivity contribution in [3.8, 4) is 0 Å². The van der Waals surface area contributed by atoms with Crippen LogP contribution in [-0.2, 0) is 29.0 Å². The second-order valence-corrected chi connectivity index (χ2v) is 17.1. The van der Waals surface area contributed by atoms with Crippen LogP contribution >= 0.6 is 0 Å². The first-order valence-electron chi connectivity index (χ1n) is 17.5. The number of anilines is 1. The molecule has 1 saturated heterocycles. The third-order valence-electron chi connectivity index (χ3n) is 13.9. The quantitative estimate of drug-likeness (QED) is 0.334. The maximum absolute atomic E-state index is 14.4. The van der Waals surface area contributed by atoms with Crippen LogP contribution in [-0.4, -0.2) is 105 Å². The maximum Gasteiger partial charge on any atom is 0.340 e. The summed E-state index contributed by atoms with van der Waals surface area (Å²) < 4.78 is 54.6. The van der Waals surface area contributed by atoms with Gasteiger partial charge in [0.1, 0.15) is 16.8 Å². The molecule has 0 radical (unpaired) electrons. The lowest BCUT2D eigenvalue weighted by Gasteiger charge is -2.70. The summed E-state index contributed by atoms with van der Waals surface area (Å²) >= 11 is 0. The van der Waals surface area contributed by atoms with Gasteiger partial charge in [-0.3, -0.25) is 9.62 Å². The highest BCUT2D eigenvalue weighted by atomic mass is 32.2. The zero-order valence-corrected chi connectivity index (χ0v) is 29.6. The lowest BCUT2D eigenvalue weighted by Crippen LogP contribution is -2.83. The summed E-state index contributed by atoms with van der Waals surface area (Å²) in [7, 11) is 1.02. The van der Waals surface area contributed by atoms with Gasteiger partial charge >= 0.3 is 5.97 Å². The number of carbonyl (C=O) groups excluding carboxylic acids is 1. The Labute approximate surface area is 288 Å². The molecule has 49 heavy (non-hydrogen) atoms. The van der Waals surface area contributed by atoms with Gasteiger partial charge in [0.2, 0.25) is 0 Å². The molecule has 0 amide bonds. The highest BCUT2D eigenvalue weighted by Gasteiger charge is 2.89. The number of nitrogens with one attached hydrogen (secondary N) is 1. The number of esters is 1. The van der Waals surface area contributed by atoms with E-state index >= 15 is 0 Å². The molecule has 6 fully saturated rings. The molecule has 5 saturated carbocycles. The third-order valence-corrected chi connectivity index (χ3v) is 15.3. The van der Waals surface area contributed by atoms with Gasteiger partial charge < -0.3 is 29.2 Å². The molecule has 1 aliphatic heterocycles. The highest BCUT2D eigenvalue weighted by molar-refractivity contribution is 7.92. The molecule has 8 rings (SSSR count). The number of rotatable bonds is 9. The summed E-state index contributed by atoms with van der Waals surface area (Å²) in [5.74, 6) is -1.66. The first-order chi connectivity index (χ1) is 23.4. The summed E-state index contributed by atoms with van der Waals surface area (Å²) in [5, 5.41) is 25.9.